The monoisotopic (exact) mass is 325 g/mol. The van der Waals surface area contributed by atoms with Gasteiger partial charge in [-0.1, -0.05) is 6.07 Å². The number of hydrogen-bond donors (Lipinski definition) is 1. The summed E-state index contributed by atoms with van der Waals surface area (Å²) < 4.78 is 28.1. The summed E-state index contributed by atoms with van der Waals surface area (Å²) in [6.45, 7) is 10.1. The Balaban J connectivity index is 2.55. The standard InChI is InChI=1S/C17H27NO3S/c1-11-8-12(2)15(5)17(14(11)4)22(20,21)18-9-16(10-19)7-6-13(18)3/h8,13,16,19H,6-7,9-10H2,1-5H3. The Kier molecular flexibility index (Phi) is 5.00. The minimum absolute atomic E-state index is 0.0209. The molecule has 0 spiro atoms. The van der Waals surface area contributed by atoms with Crippen LogP contribution >= 0.6 is 0 Å². The van der Waals surface area contributed by atoms with Crippen molar-refractivity contribution in [1.82, 2.24) is 4.31 Å². The van der Waals surface area contributed by atoms with Gasteiger partial charge >= 0.3 is 0 Å². The Bertz CT molecular complexity index is 641. The van der Waals surface area contributed by atoms with Crippen molar-refractivity contribution in [1.29, 1.82) is 0 Å². The molecule has 0 radical (unpaired) electrons. The van der Waals surface area contributed by atoms with Crippen molar-refractivity contribution in [2.45, 2.75) is 58.4 Å². The van der Waals surface area contributed by atoms with Crippen LogP contribution in [0.25, 0.3) is 0 Å². The highest BCUT2D eigenvalue weighted by atomic mass is 32.2. The summed E-state index contributed by atoms with van der Waals surface area (Å²) in [6, 6.07) is 2.02. The predicted octanol–water partition coefficient (Wildman–Crippen LogP) is 2.70. The fourth-order valence-electron chi connectivity index (χ4n) is 3.32. The number of aryl methyl sites for hydroxylation is 2. The van der Waals surface area contributed by atoms with Gasteiger partial charge in [0.2, 0.25) is 10.0 Å². The predicted molar refractivity (Wildman–Crippen MR) is 88.6 cm³/mol. The van der Waals surface area contributed by atoms with Gasteiger partial charge < -0.3 is 5.11 Å². The summed E-state index contributed by atoms with van der Waals surface area (Å²) in [5.41, 5.74) is 3.68. The number of aliphatic hydroxyl groups excluding tert-OH is 1. The molecule has 1 saturated heterocycles. The van der Waals surface area contributed by atoms with E-state index in [1.807, 2.05) is 40.7 Å². The Morgan fingerprint density at radius 3 is 2.18 bits per heavy atom. The molecule has 0 saturated carbocycles. The molecule has 2 atom stereocenters. The second-order valence-corrected chi connectivity index (χ2v) is 8.47. The van der Waals surface area contributed by atoms with E-state index in [0.717, 1.165) is 35.1 Å². The highest BCUT2D eigenvalue weighted by Gasteiger charge is 2.36. The van der Waals surface area contributed by atoms with E-state index in [9.17, 15) is 13.5 Å². The van der Waals surface area contributed by atoms with Crippen LogP contribution in [0.5, 0.6) is 0 Å². The zero-order chi connectivity index (χ0) is 16.7. The van der Waals surface area contributed by atoms with E-state index < -0.39 is 10.0 Å². The van der Waals surface area contributed by atoms with Gasteiger partial charge in [0.15, 0.2) is 0 Å². The van der Waals surface area contributed by atoms with Crippen molar-refractivity contribution < 1.29 is 13.5 Å². The zero-order valence-corrected chi connectivity index (χ0v) is 15.0. The van der Waals surface area contributed by atoms with E-state index in [1.54, 1.807) is 4.31 Å². The Morgan fingerprint density at radius 2 is 1.68 bits per heavy atom. The SMILES string of the molecule is Cc1cc(C)c(C)c(S(=O)(=O)N2CC(CO)CCC2C)c1C. The van der Waals surface area contributed by atoms with E-state index >= 15 is 0 Å². The molecule has 124 valence electrons. The van der Waals surface area contributed by atoms with E-state index in [0.29, 0.717) is 11.4 Å². The first kappa shape index (κ1) is 17.4. The molecular weight excluding hydrogens is 298 g/mol. The molecule has 1 fully saturated rings. The summed E-state index contributed by atoms with van der Waals surface area (Å²) in [6.07, 6.45) is 1.68. The van der Waals surface area contributed by atoms with E-state index in [4.69, 9.17) is 0 Å². The van der Waals surface area contributed by atoms with Crippen molar-refractivity contribution in [3.05, 3.63) is 28.3 Å². The number of aliphatic hydroxyl groups is 1. The molecule has 0 aromatic heterocycles. The lowest BCUT2D eigenvalue weighted by atomic mass is 9.96. The number of sulfonamides is 1. The molecule has 1 aliphatic heterocycles. The third-order valence-corrected chi connectivity index (χ3v) is 7.30. The van der Waals surface area contributed by atoms with Gasteiger partial charge in [0.05, 0.1) is 4.90 Å². The van der Waals surface area contributed by atoms with Crippen LogP contribution in [0, 0.1) is 33.6 Å². The van der Waals surface area contributed by atoms with E-state index in [2.05, 4.69) is 0 Å². The minimum Gasteiger partial charge on any atom is -0.396 e. The maximum absolute atomic E-state index is 13.2. The maximum atomic E-state index is 13.2. The molecule has 0 amide bonds. The van der Waals surface area contributed by atoms with Gasteiger partial charge in [0.25, 0.3) is 0 Å². The maximum Gasteiger partial charge on any atom is 0.243 e. The highest BCUT2D eigenvalue weighted by Crippen LogP contribution is 2.33. The summed E-state index contributed by atoms with van der Waals surface area (Å²) in [4.78, 5) is 0.454. The van der Waals surface area contributed by atoms with Crippen LogP contribution in [0.4, 0.5) is 0 Å². The van der Waals surface area contributed by atoms with Crippen LogP contribution in [-0.2, 0) is 10.0 Å². The second-order valence-electron chi connectivity index (χ2n) is 6.64. The number of hydrogen-bond acceptors (Lipinski definition) is 3. The Morgan fingerprint density at radius 1 is 1.14 bits per heavy atom. The molecule has 22 heavy (non-hydrogen) atoms. The number of piperidine rings is 1. The highest BCUT2D eigenvalue weighted by molar-refractivity contribution is 7.89. The fraction of sp³-hybridized carbons (Fsp3) is 0.647. The fourth-order valence-corrected chi connectivity index (χ4v) is 5.63. The molecular formula is C17H27NO3S. The smallest absolute Gasteiger partial charge is 0.243 e. The lowest BCUT2D eigenvalue weighted by Crippen LogP contribution is -2.46. The molecule has 2 rings (SSSR count). The number of benzene rings is 1. The second kappa shape index (κ2) is 6.30. The number of nitrogens with zero attached hydrogens (tertiary/aromatic N) is 1. The molecule has 2 unspecified atom stereocenters. The molecule has 0 bridgehead atoms. The van der Waals surface area contributed by atoms with Crippen LogP contribution in [0.2, 0.25) is 0 Å². The van der Waals surface area contributed by atoms with Gasteiger partial charge in [-0.05, 0) is 75.6 Å². The van der Waals surface area contributed by atoms with Crippen LogP contribution < -0.4 is 0 Å². The van der Waals surface area contributed by atoms with Crippen molar-refractivity contribution in [3.8, 4) is 0 Å². The largest absolute Gasteiger partial charge is 0.396 e. The third-order valence-electron chi connectivity index (χ3n) is 5.04. The van der Waals surface area contributed by atoms with Gasteiger partial charge in [-0.25, -0.2) is 8.42 Å². The van der Waals surface area contributed by atoms with Crippen molar-refractivity contribution in [2.24, 2.45) is 5.92 Å². The summed E-state index contributed by atoms with van der Waals surface area (Å²) >= 11 is 0. The first-order valence-corrected chi connectivity index (χ1v) is 9.34. The number of rotatable bonds is 3. The molecule has 5 heteroatoms. The topological polar surface area (TPSA) is 57.6 Å². The molecule has 1 N–H and O–H groups in total. The van der Waals surface area contributed by atoms with Crippen molar-refractivity contribution >= 4 is 10.0 Å². The van der Waals surface area contributed by atoms with Gasteiger partial charge in [-0.2, -0.15) is 4.31 Å². The van der Waals surface area contributed by atoms with E-state index in [1.165, 1.54) is 0 Å². The van der Waals surface area contributed by atoms with Crippen LogP contribution in [-0.4, -0.2) is 37.0 Å². The molecule has 1 heterocycles. The average molecular weight is 325 g/mol. The first-order chi connectivity index (χ1) is 10.2. The van der Waals surface area contributed by atoms with Crippen LogP contribution in [0.3, 0.4) is 0 Å². The normalized spacial score (nSPS) is 23.7. The van der Waals surface area contributed by atoms with Gasteiger partial charge in [0.1, 0.15) is 0 Å². The van der Waals surface area contributed by atoms with Crippen molar-refractivity contribution in [2.75, 3.05) is 13.2 Å². The summed E-state index contributed by atoms with van der Waals surface area (Å²) in [7, 11) is -3.54. The lowest BCUT2D eigenvalue weighted by molar-refractivity contribution is 0.139. The Labute approximate surface area is 134 Å². The lowest BCUT2D eigenvalue weighted by Gasteiger charge is -2.37. The molecule has 1 aromatic rings. The van der Waals surface area contributed by atoms with Crippen molar-refractivity contribution in [3.63, 3.8) is 0 Å². The van der Waals surface area contributed by atoms with Gasteiger partial charge in [-0.3, -0.25) is 0 Å². The molecule has 1 aliphatic rings. The quantitative estimate of drug-likeness (QED) is 0.929. The zero-order valence-electron chi connectivity index (χ0n) is 14.2. The van der Waals surface area contributed by atoms with E-state index in [-0.39, 0.29) is 18.6 Å². The third kappa shape index (κ3) is 2.94. The molecule has 1 aromatic carbocycles. The summed E-state index contributed by atoms with van der Waals surface area (Å²) in [5, 5.41) is 9.41. The van der Waals surface area contributed by atoms with Crippen LogP contribution in [0.1, 0.15) is 42.0 Å². The molecule has 4 nitrogen and oxygen atoms in total. The first-order valence-electron chi connectivity index (χ1n) is 7.90. The molecule has 0 aliphatic carbocycles. The van der Waals surface area contributed by atoms with Crippen LogP contribution in [0.15, 0.2) is 11.0 Å². The average Bonchev–Trinajstić information content (AvgIpc) is 2.45. The minimum atomic E-state index is -3.54. The summed E-state index contributed by atoms with van der Waals surface area (Å²) in [5.74, 6) is 0.0393. The van der Waals surface area contributed by atoms with Gasteiger partial charge in [0, 0.05) is 19.2 Å². The van der Waals surface area contributed by atoms with Gasteiger partial charge in [-0.15, -0.1) is 0 Å². The Hall–Kier alpha value is -0.910.